The van der Waals surface area contributed by atoms with E-state index in [1.165, 1.54) is 21.5 Å². The Bertz CT molecular complexity index is 3630. The number of fused-ring (bicyclic) bond motifs is 7. The lowest BCUT2D eigenvalue weighted by Crippen LogP contribution is -1.96. The van der Waals surface area contributed by atoms with E-state index in [0.29, 0.717) is 5.82 Å². The van der Waals surface area contributed by atoms with E-state index in [4.69, 9.17) is 15.0 Å². The topological polar surface area (TPSA) is 43.6 Å². The van der Waals surface area contributed by atoms with Crippen molar-refractivity contribution < 1.29 is 0 Å². The van der Waals surface area contributed by atoms with Gasteiger partial charge in [-0.1, -0.05) is 176 Å². The minimum absolute atomic E-state index is 0.700. The Hall–Kier alpha value is -8.21. The summed E-state index contributed by atoms with van der Waals surface area (Å²) in [6.07, 6.45) is 0. The molecular formula is C57H36N4. The van der Waals surface area contributed by atoms with Crippen LogP contribution in [0.1, 0.15) is 0 Å². The van der Waals surface area contributed by atoms with Crippen LogP contribution >= 0.6 is 0 Å². The molecule has 0 aliphatic carbocycles. The molecule has 0 spiro atoms. The summed E-state index contributed by atoms with van der Waals surface area (Å²) in [6, 6.07) is 77.4. The van der Waals surface area contributed by atoms with Crippen molar-refractivity contribution >= 4 is 54.3 Å². The average molecular weight is 777 g/mol. The van der Waals surface area contributed by atoms with Gasteiger partial charge in [-0.25, -0.2) is 15.0 Å². The molecule has 4 nitrogen and oxygen atoms in total. The molecule has 0 N–H and O–H groups in total. The van der Waals surface area contributed by atoms with Gasteiger partial charge in [-0.3, -0.25) is 0 Å². The van der Waals surface area contributed by atoms with Gasteiger partial charge in [0.2, 0.25) is 0 Å². The molecular weight excluding hydrogens is 741 g/mol. The Kier molecular flexibility index (Phi) is 8.13. The van der Waals surface area contributed by atoms with Gasteiger partial charge < -0.3 is 4.57 Å². The highest BCUT2D eigenvalue weighted by atomic mass is 15.0. The number of hydrogen-bond acceptors (Lipinski definition) is 3. The minimum Gasteiger partial charge on any atom is -0.309 e. The molecule has 0 fully saturated rings. The van der Waals surface area contributed by atoms with Gasteiger partial charge in [0.15, 0.2) is 5.82 Å². The van der Waals surface area contributed by atoms with Crippen LogP contribution in [0.15, 0.2) is 218 Å². The largest absolute Gasteiger partial charge is 0.309 e. The molecule has 9 aromatic carbocycles. The molecule has 0 atom stereocenters. The fourth-order valence-corrected chi connectivity index (χ4v) is 9.07. The van der Waals surface area contributed by atoms with E-state index < -0.39 is 0 Å². The zero-order valence-corrected chi connectivity index (χ0v) is 33.1. The van der Waals surface area contributed by atoms with Gasteiger partial charge in [0.1, 0.15) is 0 Å². The van der Waals surface area contributed by atoms with E-state index in [-0.39, 0.29) is 0 Å². The zero-order valence-electron chi connectivity index (χ0n) is 33.1. The summed E-state index contributed by atoms with van der Waals surface area (Å²) in [6.45, 7) is 0. The Morgan fingerprint density at radius 3 is 1.74 bits per heavy atom. The smallest absolute Gasteiger partial charge is 0.160 e. The lowest BCUT2D eigenvalue weighted by molar-refractivity contribution is 1.18. The highest BCUT2D eigenvalue weighted by molar-refractivity contribution is 6.19. The molecule has 3 heterocycles. The van der Waals surface area contributed by atoms with Crippen molar-refractivity contribution in [2.75, 3.05) is 0 Å². The molecule has 12 rings (SSSR count). The van der Waals surface area contributed by atoms with Gasteiger partial charge in [-0.2, -0.15) is 0 Å². The molecule has 4 heteroatoms. The van der Waals surface area contributed by atoms with Crippen LogP contribution in [0.5, 0.6) is 0 Å². The molecule has 284 valence electrons. The molecule has 0 saturated heterocycles. The first kappa shape index (κ1) is 34.8. The Labute approximate surface area is 352 Å². The van der Waals surface area contributed by atoms with Gasteiger partial charge in [0.05, 0.1) is 33.6 Å². The molecule has 0 amide bonds. The third-order valence-electron chi connectivity index (χ3n) is 12.0. The predicted molar refractivity (Wildman–Crippen MR) is 254 cm³/mol. The molecule has 0 bridgehead atoms. The van der Waals surface area contributed by atoms with Gasteiger partial charge in [0.25, 0.3) is 0 Å². The third kappa shape index (κ3) is 5.96. The standard InChI is InChI=1S/C57H36N4/c1-4-17-38(18-5-1)56-48-28-13-12-27-45(48)49-35-55-50(34-52(49)58-56)47-31-30-41(33-54(47)61(55)43-24-8-3-9-25-43)40-22-14-23-42(32-40)51-36-53(60-57(59-51)39-19-6-2-7-20-39)46-29-15-21-37-16-10-11-26-44(37)46/h1-36H. The second-order valence-electron chi connectivity index (χ2n) is 15.6. The van der Waals surface area contributed by atoms with Crippen LogP contribution in [-0.2, 0) is 0 Å². The number of rotatable bonds is 6. The molecule has 12 aromatic rings. The number of benzene rings is 9. The molecule has 3 aromatic heterocycles. The first-order valence-corrected chi connectivity index (χ1v) is 20.7. The fourth-order valence-electron chi connectivity index (χ4n) is 9.07. The summed E-state index contributed by atoms with van der Waals surface area (Å²) in [7, 11) is 0. The quantitative estimate of drug-likeness (QED) is 0.158. The summed E-state index contributed by atoms with van der Waals surface area (Å²) in [5, 5.41) is 8.18. The number of aromatic nitrogens is 4. The Morgan fingerprint density at radius 2 is 0.918 bits per heavy atom. The molecule has 0 unspecified atom stereocenters. The summed E-state index contributed by atoms with van der Waals surface area (Å²) in [4.78, 5) is 15.7. The van der Waals surface area contributed by atoms with E-state index in [1.54, 1.807) is 0 Å². The van der Waals surface area contributed by atoms with Crippen LogP contribution in [-0.4, -0.2) is 19.5 Å². The number of pyridine rings is 1. The summed E-state index contributed by atoms with van der Waals surface area (Å²) >= 11 is 0. The van der Waals surface area contributed by atoms with Crippen LogP contribution in [0.4, 0.5) is 0 Å². The summed E-state index contributed by atoms with van der Waals surface area (Å²) in [5.74, 6) is 0.700. The number of nitrogens with zero attached hydrogens (tertiary/aromatic N) is 4. The normalized spacial score (nSPS) is 11.6. The number of hydrogen-bond donors (Lipinski definition) is 0. The molecule has 0 radical (unpaired) electrons. The van der Waals surface area contributed by atoms with Crippen LogP contribution in [0.25, 0.3) is 116 Å². The maximum Gasteiger partial charge on any atom is 0.160 e. The summed E-state index contributed by atoms with van der Waals surface area (Å²) < 4.78 is 2.41. The SMILES string of the molecule is c1ccc(-c2nc(-c3cccc(-c4ccc5c6cc7nc(-c8ccccc8)c8ccccc8c7cc6n(-c6ccccc6)c5c4)c3)cc(-c3cccc4ccccc34)n2)cc1. The predicted octanol–water partition coefficient (Wildman–Crippen LogP) is 14.8. The molecule has 0 saturated carbocycles. The molecule has 61 heavy (non-hydrogen) atoms. The summed E-state index contributed by atoms with van der Waals surface area (Å²) in [5.41, 5.74) is 13.6. The second-order valence-corrected chi connectivity index (χ2v) is 15.6. The van der Waals surface area contributed by atoms with Crippen molar-refractivity contribution in [1.82, 2.24) is 19.5 Å². The first-order valence-electron chi connectivity index (χ1n) is 20.7. The minimum atomic E-state index is 0.700. The lowest BCUT2D eigenvalue weighted by Gasteiger charge is -2.13. The van der Waals surface area contributed by atoms with Crippen LogP contribution in [0.2, 0.25) is 0 Å². The van der Waals surface area contributed by atoms with E-state index >= 15 is 0 Å². The van der Waals surface area contributed by atoms with Crippen molar-refractivity contribution in [3.05, 3.63) is 218 Å². The Balaban J connectivity index is 1.04. The van der Waals surface area contributed by atoms with Crippen molar-refractivity contribution in [1.29, 1.82) is 0 Å². The molecule has 0 aliphatic rings. The first-order chi connectivity index (χ1) is 30.2. The Morgan fingerprint density at radius 1 is 0.311 bits per heavy atom. The maximum absolute atomic E-state index is 5.36. The number of para-hydroxylation sites is 1. The van der Waals surface area contributed by atoms with Crippen molar-refractivity contribution in [3.8, 4) is 62.0 Å². The zero-order chi connectivity index (χ0) is 40.3. The van der Waals surface area contributed by atoms with E-state index in [2.05, 4.69) is 205 Å². The highest BCUT2D eigenvalue weighted by Crippen LogP contribution is 2.41. The van der Waals surface area contributed by atoms with Gasteiger partial charge in [-0.05, 0) is 69.8 Å². The average Bonchev–Trinajstić information content (AvgIpc) is 3.66. The van der Waals surface area contributed by atoms with Crippen LogP contribution in [0.3, 0.4) is 0 Å². The van der Waals surface area contributed by atoms with Crippen molar-refractivity contribution in [2.45, 2.75) is 0 Å². The lowest BCUT2D eigenvalue weighted by atomic mass is 9.97. The van der Waals surface area contributed by atoms with Gasteiger partial charge in [0, 0.05) is 49.5 Å². The van der Waals surface area contributed by atoms with Gasteiger partial charge >= 0.3 is 0 Å². The molecule has 0 aliphatic heterocycles. The van der Waals surface area contributed by atoms with Crippen LogP contribution < -0.4 is 0 Å². The monoisotopic (exact) mass is 776 g/mol. The van der Waals surface area contributed by atoms with E-state index in [1.807, 2.05) is 18.2 Å². The third-order valence-corrected chi connectivity index (χ3v) is 12.0. The van der Waals surface area contributed by atoms with E-state index in [0.717, 1.165) is 88.9 Å². The van der Waals surface area contributed by atoms with Gasteiger partial charge in [-0.15, -0.1) is 0 Å². The van der Waals surface area contributed by atoms with Crippen molar-refractivity contribution in [3.63, 3.8) is 0 Å². The van der Waals surface area contributed by atoms with Crippen LogP contribution in [0, 0.1) is 0 Å². The van der Waals surface area contributed by atoms with Crippen molar-refractivity contribution in [2.24, 2.45) is 0 Å². The second kappa shape index (κ2) is 14.3. The highest BCUT2D eigenvalue weighted by Gasteiger charge is 2.19. The maximum atomic E-state index is 5.36. The van der Waals surface area contributed by atoms with E-state index in [9.17, 15) is 0 Å². The fraction of sp³-hybridized carbons (Fsp3) is 0.